The molecule has 1 heterocycles. The number of nitrogens with one attached hydrogen (secondary N) is 1. The van der Waals surface area contributed by atoms with Crippen molar-refractivity contribution in [3.8, 4) is 0 Å². The van der Waals surface area contributed by atoms with Gasteiger partial charge in [0.25, 0.3) is 0 Å². The van der Waals surface area contributed by atoms with Gasteiger partial charge in [-0.05, 0) is 19.1 Å². The molecule has 16 heavy (non-hydrogen) atoms. The van der Waals surface area contributed by atoms with Crippen LogP contribution in [0.15, 0.2) is 35.5 Å². The van der Waals surface area contributed by atoms with Gasteiger partial charge in [-0.2, -0.15) is 5.10 Å². The Morgan fingerprint density at radius 1 is 1.25 bits per heavy atom. The maximum absolute atomic E-state index is 11.9. The van der Waals surface area contributed by atoms with Gasteiger partial charge in [-0.25, -0.2) is 13.4 Å². The van der Waals surface area contributed by atoms with Crippen molar-refractivity contribution in [1.82, 2.24) is 15.2 Å². The zero-order valence-corrected chi connectivity index (χ0v) is 9.53. The minimum absolute atomic E-state index is 0.157. The molecule has 1 aromatic carbocycles. The maximum Gasteiger partial charge on any atom is 0.185 e. The van der Waals surface area contributed by atoms with Crippen LogP contribution in [0.4, 0.5) is 0 Å². The fourth-order valence-electron chi connectivity index (χ4n) is 1.31. The van der Waals surface area contributed by atoms with E-state index in [9.17, 15) is 8.42 Å². The summed E-state index contributed by atoms with van der Waals surface area (Å²) in [5.74, 6) is 0.191. The Balaban J connectivity index is 2.29. The third-order valence-electron chi connectivity index (χ3n) is 2.17. The van der Waals surface area contributed by atoms with Crippen molar-refractivity contribution in [2.24, 2.45) is 0 Å². The van der Waals surface area contributed by atoms with E-state index in [2.05, 4.69) is 15.2 Å². The lowest BCUT2D eigenvalue weighted by Gasteiger charge is -2.02. The predicted molar refractivity (Wildman–Crippen MR) is 58.5 cm³/mol. The summed E-state index contributed by atoms with van der Waals surface area (Å²) in [6.07, 6.45) is 1.29. The third kappa shape index (κ3) is 2.27. The van der Waals surface area contributed by atoms with Gasteiger partial charge in [0.2, 0.25) is 0 Å². The Bertz CT molecular complexity index is 559. The number of benzene rings is 1. The van der Waals surface area contributed by atoms with Crippen LogP contribution in [0.3, 0.4) is 0 Å². The molecule has 0 aliphatic heterocycles. The Morgan fingerprint density at radius 3 is 2.50 bits per heavy atom. The molecule has 0 bridgehead atoms. The summed E-state index contributed by atoms with van der Waals surface area (Å²) in [5, 5.41) is 6.15. The lowest BCUT2D eigenvalue weighted by Crippen LogP contribution is -2.06. The van der Waals surface area contributed by atoms with Crippen molar-refractivity contribution in [3.05, 3.63) is 42.0 Å². The lowest BCUT2D eigenvalue weighted by molar-refractivity contribution is 0.594. The molecule has 0 atom stereocenters. The molecule has 0 unspecified atom stereocenters. The van der Waals surface area contributed by atoms with Crippen LogP contribution in [0.25, 0.3) is 0 Å². The van der Waals surface area contributed by atoms with E-state index in [0.29, 0.717) is 10.7 Å². The second kappa shape index (κ2) is 4.05. The number of rotatable bonds is 3. The normalized spacial score (nSPS) is 11.6. The van der Waals surface area contributed by atoms with Crippen LogP contribution >= 0.6 is 0 Å². The molecule has 0 amide bonds. The largest absolute Gasteiger partial charge is 0.262 e. The Labute approximate surface area is 93.5 Å². The van der Waals surface area contributed by atoms with Crippen LogP contribution in [-0.2, 0) is 15.6 Å². The van der Waals surface area contributed by atoms with Crippen LogP contribution in [0.2, 0.25) is 0 Å². The molecular weight excluding hydrogens is 226 g/mol. The van der Waals surface area contributed by atoms with Crippen LogP contribution in [0, 0.1) is 6.92 Å². The number of sulfone groups is 1. The highest BCUT2D eigenvalue weighted by Crippen LogP contribution is 2.14. The van der Waals surface area contributed by atoms with Gasteiger partial charge in [0.05, 0.1) is 4.90 Å². The number of aryl methyl sites for hydroxylation is 1. The highest BCUT2D eigenvalue weighted by molar-refractivity contribution is 7.90. The highest BCUT2D eigenvalue weighted by atomic mass is 32.2. The van der Waals surface area contributed by atoms with E-state index < -0.39 is 9.84 Å². The number of aromatic nitrogens is 3. The molecule has 0 saturated heterocycles. The predicted octanol–water partition coefficient (Wildman–Crippen LogP) is 1.09. The molecule has 0 aliphatic carbocycles. The van der Waals surface area contributed by atoms with Crippen molar-refractivity contribution in [3.63, 3.8) is 0 Å². The van der Waals surface area contributed by atoms with Crippen LogP contribution in [0.5, 0.6) is 0 Å². The lowest BCUT2D eigenvalue weighted by atomic mass is 10.2. The molecule has 0 radical (unpaired) electrons. The number of H-pyrrole nitrogens is 1. The molecular formula is C10H11N3O2S. The smallest absolute Gasteiger partial charge is 0.185 e. The molecule has 1 aromatic heterocycles. The molecule has 2 rings (SSSR count). The first kappa shape index (κ1) is 10.8. The molecule has 0 fully saturated rings. The first-order chi connectivity index (χ1) is 7.58. The van der Waals surface area contributed by atoms with Crippen molar-refractivity contribution in [2.75, 3.05) is 0 Å². The Kier molecular flexibility index (Phi) is 2.74. The topological polar surface area (TPSA) is 75.7 Å². The number of nitrogens with zero attached hydrogens (tertiary/aromatic N) is 2. The summed E-state index contributed by atoms with van der Waals surface area (Å²) in [7, 11) is -3.33. The molecule has 5 nitrogen and oxygen atoms in total. The summed E-state index contributed by atoms with van der Waals surface area (Å²) < 4.78 is 23.8. The minimum atomic E-state index is -3.33. The van der Waals surface area contributed by atoms with Crippen molar-refractivity contribution in [2.45, 2.75) is 17.6 Å². The molecule has 0 aliphatic rings. The third-order valence-corrected chi connectivity index (χ3v) is 3.82. The van der Waals surface area contributed by atoms with E-state index >= 15 is 0 Å². The van der Waals surface area contributed by atoms with Crippen LogP contribution in [-0.4, -0.2) is 23.6 Å². The van der Waals surface area contributed by atoms with E-state index in [-0.39, 0.29) is 5.75 Å². The van der Waals surface area contributed by atoms with Gasteiger partial charge in [0, 0.05) is 0 Å². The number of aromatic amines is 1. The summed E-state index contributed by atoms with van der Waals surface area (Å²) in [6.45, 7) is 1.91. The van der Waals surface area contributed by atoms with Gasteiger partial charge in [0.15, 0.2) is 9.84 Å². The van der Waals surface area contributed by atoms with Gasteiger partial charge in [-0.15, -0.1) is 0 Å². The van der Waals surface area contributed by atoms with E-state index in [4.69, 9.17) is 0 Å². The molecule has 0 spiro atoms. The van der Waals surface area contributed by atoms with E-state index in [0.717, 1.165) is 5.56 Å². The Morgan fingerprint density at radius 2 is 1.94 bits per heavy atom. The molecule has 1 N–H and O–H groups in total. The van der Waals surface area contributed by atoms with Gasteiger partial charge in [0.1, 0.15) is 17.9 Å². The van der Waals surface area contributed by atoms with E-state index in [1.807, 2.05) is 6.92 Å². The van der Waals surface area contributed by atoms with Crippen molar-refractivity contribution >= 4 is 9.84 Å². The summed E-state index contributed by atoms with van der Waals surface area (Å²) in [4.78, 5) is 4.10. The minimum Gasteiger partial charge on any atom is -0.262 e. The summed E-state index contributed by atoms with van der Waals surface area (Å²) >= 11 is 0. The van der Waals surface area contributed by atoms with Gasteiger partial charge < -0.3 is 0 Å². The SMILES string of the molecule is Cc1ccc(S(=O)(=O)Cc2ncn[nH]2)cc1. The first-order valence-electron chi connectivity index (χ1n) is 4.71. The van der Waals surface area contributed by atoms with Crippen LogP contribution < -0.4 is 0 Å². The highest BCUT2D eigenvalue weighted by Gasteiger charge is 2.16. The first-order valence-corrected chi connectivity index (χ1v) is 6.37. The average molecular weight is 237 g/mol. The van der Waals surface area contributed by atoms with E-state index in [1.165, 1.54) is 6.33 Å². The second-order valence-corrected chi connectivity index (χ2v) is 5.49. The zero-order chi connectivity index (χ0) is 11.6. The second-order valence-electron chi connectivity index (χ2n) is 3.50. The molecule has 0 saturated carbocycles. The zero-order valence-electron chi connectivity index (χ0n) is 8.71. The fourth-order valence-corrected chi connectivity index (χ4v) is 2.53. The standard InChI is InChI=1S/C10H11N3O2S/c1-8-2-4-9(5-3-8)16(14,15)6-10-11-7-12-13-10/h2-5,7H,6H2,1H3,(H,11,12,13). The van der Waals surface area contributed by atoms with Gasteiger partial charge in [-0.3, -0.25) is 5.10 Å². The summed E-state index contributed by atoms with van der Waals surface area (Å²) in [6, 6.07) is 6.74. The van der Waals surface area contributed by atoms with Crippen molar-refractivity contribution < 1.29 is 8.42 Å². The molecule has 6 heteroatoms. The van der Waals surface area contributed by atoms with Crippen LogP contribution in [0.1, 0.15) is 11.4 Å². The fraction of sp³-hybridized carbons (Fsp3) is 0.200. The average Bonchev–Trinajstić information content (AvgIpc) is 2.70. The number of hydrogen-bond donors (Lipinski definition) is 1. The molecule has 2 aromatic rings. The van der Waals surface area contributed by atoms with E-state index in [1.54, 1.807) is 24.3 Å². The molecule has 84 valence electrons. The van der Waals surface area contributed by atoms with Gasteiger partial charge >= 0.3 is 0 Å². The van der Waals surface area contributed by atoms with Gasteiger partial charge in [-0.1, -0.05) is 17.7 Å². The Hall–Kier alpha value is -1.69. The van der Waals surface area contributed by atoms with Crippen molar-refractivity contribution in [1.29, 1.82) is 0 Å². The maximum atomic E-state index is 11.9. The number of hydrogen-bond acceptors (Lipinski definition) is 4. The monoisotopic (exact) mass is 237 g/mol. The summed E-state index contributed by atoms with van der Waals surface area (Å²) in [5.41, 5.74) is 1.03. The quantitative estimate of drug-likeness (QED) is 0.866.